The molecule has 0 aliphatic carbocycles. The van der Waals surface area contributed by atoms with Gasteiger partial charge < -0.3 is 14.2 Å². The first-order valence-electron chi connectivity index (χ1n) is 11.2. The lowest BCUT2D eigenvalue weighted by molar-refractivity contribution is 0.116. The van der Waals surface area contributed by atoms with Gasteiger partial charge in [-0.2, -0.15) is 0 Å². The molecule has 0 aliphatic heterocycles. The first-order valence-corrected chi connectivity index (χ1v) is 12.0. The zero-order valence-corrected chi connectivity index (χ0v) is 20.8. The number of imidazole rings is 1. The normalized spacial score (nSPS) is 13.2. The number of halogens is 2. The number of nitrogens with zero attached hydrogens (tertiary/aromatic N) is 3. The largest absolute Gasteiger partial charge is 0.374 e. The Morgan fingerprint density at radius 3 is 2.40 bits per heavy atom. The summed E-state index contributed by atoms with van der Waals surface area (Å²) >= 11 is 12.4. The number of rotatable bonds is 5. The Balaban J connectivity index is 1.84. The molecule has 0 fully saturated rings. The highest BCUT2D eigenvalue weighted by molar-refractivity contribution is 6.31. The molecule has 1 N–H and O–H groups in total. The zero-order valence-electron chi connectivity index (χ0n) is 19.2. The van der Waals surface area contributed by atoms with Gasteiger partial charge in [0.05, 0.1) is 23.7 Å². The van der Waals surface area contributed by atoms with E-state index in [2.05, 4.69) is 4.98 Å². The van der Waals surface area contributed by atoms with E-state index in [9.17, 15) is 9.90 Å². The summed E-state index contributed by atoms with van der Waals surface area (Å²) in [4.78, 5) is 17.1. The van der Waals surface area contributed by atoms with Crippen LogP contribution in [0.4, 0.5) is 0 Å². The van der Waals surface area contributed by atoms with Crippen molar-refractivity contribution in [2.75, 3.05) is 0 Å². The van der Waals surface area contributed by atoms with Gasteiger partial charge in [-0.3, -0.25) is 4.79 Å². The third-order valence-corrected chi connectivity index (χ3v) is 6.97. The molecule has 2 aromatic heterocycles. The van der Waals surface area contributed by atoms with Gasteiger partial charge in [-0.1, -0.05) is 53.5 Å². The molecule has 0 bridgehead atoms. The van der Waals surface area contributed by atoms with Crippen LogP contribution in [0.3, 0.4) is 0 Å². The molecule has 0 saturated carbocycles. The predicted molar refractivity (Wildman–Crippen MR) is 141 cm³/mol. The molecule has 5 aromatic rings. The Morgan fingerprint density at radius 2 is 1.69 bits per heavy atom. The third-order valence-electron chi connectivity index (χ3n) is 6.49. The number of aryl methyl sites for hydroxylation is 2. The van der Waals surface area contributed by atoms with Crippen molar-refractivity contribution in [3.8, 4) is 11.1 Å². The van der Waals surface area contributed by atoms with E-state index < -0.39 is 5.60 Å². The minimum absolute atomic E-state index is 0.128. The maximum Gasteiger partial charge on any atom is 0.251 e. The fourth-order valence-corrected chi connectivity index (χ4v) is 4.92. The standard InChI is InChI=1S/C28H23Cl2N3O2/c1-3-33-17-31-16-26(33)28(35,19-7-10-21(29)11-8-19)20-9-12-25-24(14-20)23(15-27(34)32(25)2)18-5-4-6-22(30)13-18/h4-17,35H,3H2,1-2H3. The molecule has 1 unspecified atom stereocenters. The van der Waals surface area contributed by atoms with Crippen LogP contribution in [0.2, 0.25) is 10.0 Å². The maximum atomic E-state index is 12.8. The smallest absolute Gasteiger partial charge is 0.251 e. The summed E-state index contributed by atoms with van der Waals surface area (Å²) in [6.07, 6.45) is 3.39. The summed E-state index contributed by atoms with van der Waals surface area (Å²) in [5, 5.41) is 14.4. The van der Waals surface area contributed by atoms with E-state index in [0.29, 0.717) is 33.4 Å². The van der Waals surface area contributed by atoms with E-state index in [0.717, 1.165) is 22.0 Å². The molecule has 3 aromatic carbocycles. The average molecular weight is 504 g/mol. The highest BCUT2D eigenvalue weighted by Crippen LogP contribution is 2.39. The van der Waals surface area contributed by atoms with E-state index >= 15 is 0 Å². The van der Waals surface area contributed by atoms with Gasteiger partial charge in [-0.05, 0) is 65.6 Å². The van der Waals surface area contributed by atoms with Crippen LogP contribution in [-0.2, 0) is 19.2 Å². The fourth-order valence-electron chi connectivity index (χ4n) is 4.61. The van der Waals surface area contributed by atoms with E-state index in [-0.39, 0.29) is 5.56 Å². The van der Waals surface area contributed by atoms with Crippen molar-refractivity contribution in [3.63, 3.8) is 0 Å². The molecule has 176 valence electrons. The van der Waals surface area contributed by atoms with Crippen LogP contribution in [0.25, 0.3) is 22.0 Å². The fraction of sp³-hybridized carbons (Fsp3) is 0.143. The van der Waals surface area contributed by atoms with Crippen LogP contribution in [0.1, 0.15) is 23.7 Å². The lowest BCUT2D eigenvalue weighted by Gasteiger charge is -2.31. The van der Waals surface area contributed by atoms with Crippen molar-refractivity contribution in [2.24, 2.45) is 7.05 Å². The van der Waals surface area contributed by atoms with Gasteiger partial charge in [0.2, 0.25) is 0 Å². The minimum atomic E-state index is -1.51. The van der Waals surface area contributed by atoms with Crippen molar-refractivity contribution in [1.29, 1.82) is 0 Å². The molecule has 2 heterocycles. The molecule has 1 atom stereocenters. The Hall–Kier alpha value is -3.38. The van der Waals surface area contributed by atoms with E-state index in [4.69, 9.17) is 23.2 Å². The van der Waals surface area contributed by atoms with Crippen molar-refractivity contribution < 1.29 is 5.11 Å². The number of hydrogen-bond acceptors (Lipinski definition) is 3. The van der Waals surface area contributed by atoms with E-state index in [1.165, 1.54) is 0 Å². The van der Waals surface area contributed by atoms with E-state index in [1.54, 1.807) is 48.4 Å². The summed E-state index contributed by atoms with van der Waals surface area (Å²) < 4.78 is 3.52. The zero-order chi connectivity index (χ0) is 24.7. The number of fused-ring (bicyclic) bond motifs is 1. The van der Waals surface area contributed by atoms with Gasteiger partial charge in [-0.25, -0.2) is 4.98 Å². The molecular formula is C28H23Cl2N3O2. The summed E-state index contributed by atoms with van der Waals surface area (Å²) in [5.41, 5.74) is 2.62. The Kier molecular flexibility index (Phi) is 6.01. The second-order valence-electron chi connectivity index (χ2n) is 8.48. The van der Waals surface area contributed by atoms with Gasteiger partial charge in [-0.15, -0.1) is 0 Å². The van der Waals surface area contributed by atoms with Gasteiger partial charge in [0.15, 0.2) is 5.60 Å². The summed E-state index contributed by atoms with van der Waals surface area (Å²) in [6, 6.07) is 21.8. The molecule has 0 amide bonds. The van der Waals surface area contributed by atoms with Crippen molar-refractivity contribution >= 4 is 34.1 Å². The Bertz CT molecular complexity index is 1610. The highest BCUT2D eigenvalue weighted by Gasteiger charge is 2.37. The van der Waals surface area contributed by atoms with Crippen LogP contribution in [0.5, 0.6) is 0 Å². The van der Waals surface area contributed by atoms with Crippen LogP contribution in [-0.4, -0.2) is 19.2 Å². The molecule has 5 rings (SSSR count). The van der Waals surface area contributed by atoms with Gasteiger partial charge in [0.1, 0.15) is 0 Å². The molecule has 0 spiro atoms. The number of aromatic nitrogens is 3. The molecule has 0 radical (unpaired) electrons. The lowest BCUT2D eigenvalue weighted by atomic mass is 9.82. The van der Waals surface area contributed by atoms with Crippen LogP contribution >= 0.6 is 23.2 Å². The first-order chi connectivity index (χ1) is 16.8. The Morgan fingerprint density at radius 1 is 0.943 bits per heavy atom. The number of hydrogen-bond donors (Lipinski definition) is 1. The molecule has 7 heteroatoms. The van der Waals surface area contributed by atoms with Gasteiger partial charge in [0, 0.05) is 35.1 Å². The number of benzene rings is 3. The average Bonchev–Trinajstić information content (AvgIpc) is 3.35. The quantitative estimate of drug-likeness (QED) is 0.319. The number of pyridine rings is 1. The number of aliphatic hydroxyl groups is 1. The SMILES string of the molecule is CCn1cncc1C(O)(c1ccc(Cl)cc1)c1ccc2c(c1)c(-c1cccc(Cl)c1)cc(=O)n2C. The van der Waals surface area contributed by atoms with Crippen LogP contribution in [0.15, 0.2) is 90.1 Å². The predicted octanol–water partition coefficient (Wildman–Crippen LogP) is 6.01. The summed E-state index contributed by atoms with van der Waals surface area (Å²) in [6.45, 7) is 2.64. The second-order valence-corrected chi connectivity index (χ2v) is 9.35. The van der Waals surface area contributed by atoms with Crippen molar-refractivity contribution in [1.82, 2.24) is 14.1 Å². The summed E-state index contributed by atoms with van der Waals surface area (Å²) in [5.74, 6) is 0. The molecule has 0 saturated heterocycles. The Labute approximate surface area is 212 Å². The van der Waals surface area contributed by atoms with Crippen molar-refractivity contribution in [2.45, 2.75) is 19.1 Å². The molecule has 35 heavy (non-hydrogen) atoms. The van der Waals surface area contributed by atoms with E-state index in [1.807, 2.05) is 60.0 Å². The lowest BCUT2D eigenvalue weighted by Crippen LogP contribution is -2.31. The first kappa shape index (κ1) is 23.4. The maximum absolute atomic E-state index is 12.8. The molecule has 0 aliphatic rings. The monoisotopic (exact) mass is 503 g/mol. The summed E-state index contributed by atoms with van der Waals surface area (Å²) in [7, 11) is 1.74. The molecule has 5 nitrogen and oxygen atoms in total. The van der Waals surface area contributed by atoms with Crippen molar-refractivity contribution in [3.05, 3.63) is 123 Å². The van der Waals surface area contributed by atoms with Crippen LogP contribution in [0, 0.1) is 0 Å². The third kappa shape index (κ3) is 3.96. The second kappa shape index (κ2) is 9.00. The van der Waals surface area contributed by atoms with Gasteiger partial charge in [0.25, 0.3) is 5.56 Å². The highest BCUT2D eigenvalue weighted by atomic mass is 35.5. The molecular weight excluding hydrogens is 481 g/mol. The topological polar surface area (TPSA) is 60.0 Å². The van der Waals surface area contributed by atoms with Crippen LogP contribution < -0.4 is 5.56 Å². The minimum Gasteiger partial charge on any atom is -0.374 e. The van der Waals surface area contributed by atoms with Gasteiger partial charge >= 0.3 is 0 Å².